The maximum Gasteiger partial charge on any atom is 0.233 e. The molecule has 1 aromatic rings. The third-order valence-electron chi connectivity index (χ3n) is 2.43. The zero-order valence-corrected chi connectivity index (χ0v) is 12.2. The van der Waals surface area contributed by atoms with Crippen molar-refractivity contribution >= 4 is 33.4 Å². The number of hydrogen-bond acceptors (Lipinski definition) is 2. The predicted molar refractivity (Wildman–Crippen MR) is 75.7 cm³/mol. The second kappa shape index (κ2) is 6.54. The molecule has 0 aliphatic carbocycles. The largest absolute Gasteiger partial charge is 0.349 e. The third kappa shape index (κ3) is 4.49. The number of nitrogens with one attached hydrogen (secondary N) is 2. The van der Waals surface area contributed by atoms with Crippen molar-refractivity contribution < 1.29 is 9.59 Å². The van der Waals surface area contributed by atoms with E-state index in [0.29, 0.717) is 0 Å². The molecule has 2 amide bonds. The lowest BCUT2D eigenvalue weighted by Crippen LogP contribution is -2.31. The molecule has 2 unspecified atom stereocenters. The Morgan fingerprint density at radius 1 is 1.28 bits per heavy atom. The van der Waals surface area contributed by atoms with Crippen molar-refractivity contribution in [3.63, 3.8) is 0 Å². The van der Waals surface area contributed by atoms with E-state index in [1.54, 1.807) is 6.92 Å². The Hall–Kier alpha value is -1.36. The Morgan fingerprint density at radius 3 is 2.50 bits per heavy atom. The van der Waals surface area contributed by atoms with Crippen LogP contribution in [0.15, 0.2) is 24.3 Å². The first-order valence-corrected chi connectivity index (χ1v) is 6.63. The zero-order valence-electron chi connectivity index (χ0n) is 10.7. The van der Waals surface area contributed by atoms with E-state index in [0.717, 1.165) is 11.3 Å². The summed E-state index contributed by atoms with van der Waals surface area (Å²) < 4.78 is 0. The van der Waals surface area contributed by atoms with Gasteiger partial charge in [0.2, 0.25) is 11.8 Å². The molecule has 0 spiro atoms. The van der Waals surface area contributed by atoms with Crippen LogP contribution in [0.2, 0.25) is 0 Å². The minimum Gasteiger partial charge on any atom is -0.349 e. The number of anilines is 1. The number of alkyl halides is 1. The van der Waals surface area contributed by atoms with Crippen LogP contribution in [0, 0.1) is 0 Å². The van der Waals surface area contributed by atoms with Gasteiger partial charge in [0, 0.05) is 12.6 Å². The summed E-state index contributed by atoms with van der Waals surface area (Å²) in [6.45, 7) is 5.14. The van der Waals surface area contributed by atoms with E-state index in [9.17, 15) is 9.59 Å². The van der Waals surface area contributed by atoms with Gasteiger partial charge in [0.05, 0.1) is 10.9 Å². The number of rotatable bonds is 4. The van der Waals surface area contributed by atoms with Gasteiger partial charge in [-0.2, -0.15) is 0 Å². The fraction of sp³-hybridized carbons (Fsp3) is 0.385. The first kappa shape index (κ1) is 14.7. The molecule has 5 heteroatoms. The van der Waals surface area contributed by atoms with Gasteiger partial charge >= 0.3 is 0 Å². The molecule has 18 heavy (non-hydrogen) atoms. The van der Waals surface area contributed by atoms with E-state index in [4.69, 9.17) is 0 Å². The molecule has 0 radical (unpaired) electrons. The zero-order chi connectivity index (χ0) is 13.7. The summed E-state index contributed by atoms with van der Waals surface area (Å²) in [5.41, 5.74) is 1.68. The van der Waals surface area contributed by atoms with Crippen LogP contribution in [0.25, 0.3) is 0 Å². The Kier molecular flexibility index (Phi) is 5.34. The van der Waals surface area contributed by atoms with Crippen LogP contribution in [0.5, 0.6) is 0 Å². The lowest BCUT2D eigenvalue weighted by atomic mass is 10.1. The number of carbonyl (C=O) groups excluding carboxylic acids is 2. The molecule has 0 heterocycles. The van der Waals surface area contributed by atoms with Gasteiger partial charge in [0.1, 0.15) is 0 Å². The fourth-order valence-corrected chi connectivity index (χ4v) is 1.63. The number of benzene rings is 1. The third-order valence-corrected chi connectivity index (χ3v) is 2.84. The van der Waals surface area contributed by atoms with E-state index >= 15 is 0 Å². The van der Waals surface area contributed by atoms with Gasteiger partial charge in [-0.3, -0.25) is 9.59 Å². The minimum absolute atomic E-state index is 0.0626. The Bertz CT molecular complexity index is 446. The number of amides is 2. The molecule has 0 aliphatic rings. The smallest absolute Gasteiger partial charge is 0.233 e. The van der Waals surface area contributed by atoms with Crippen LogP contribution in [-0.2, 0) is 9.59 Å². The summed E-state index contributed by atoms with van der Waals surface area (Å²) in [6, 6.07) is 7.32. The summed E-state index contributed by atoms with van der Waals surface area (Å²) in [6.07, 6.45) is 0. The normalized spacial score (nSPS) is 13.6. The van der Waals surface area contributed by atoms with Crippen LogP contribution >= 0.6 is 15.9 Å². The molecule has 2 N–H and O–H groups in total. The number of halogens is 1. The molecule has 0 saturated heterocycles. The van der Waals surface area contributed by atoms with E-state index in [2.05, 4.69) is 26.6 Å². The maximum atomic E-state index is 11.6. The molecule has 98 valence electrons. The van der Waals surface area contributed by atoms with Crippen molar-refractivity contribution in [3.05, 3.63) is 29.8 Å². The van der Waals surface area contributed by atoms with Gasteiger partial charge in [-0.25, -0.2) is 0 Å². The maximum absolute atomic E-state index is 11.6. The summed E-state index contributed by atoms with van der Waals surface area (Å²) in [7, 11) is 0. The summed E-state index contributed by atoms with van der Waals surface area (Å²) in [4.78, 5) is 22.3. The molecule has 0 fully saturated rings. The van der Waals surface area contributed by atoms with Crippen molar-refractivity contribution in [2.45, 2.75) is 31.6 Å². The van der Waals surface area contributed by atoms with Gasteiger partial charge in [-0.15, -0.1) is 0 Å². The lowest BCUT2D eigenvalue weighted by molar-refractivity contribution is -0.120. The van der Waals surface area contributed by atoms with Gasteiger partial charge in [0.25, 0.3) is 0 Å². The van der Waals surface area contributed by atoms with Crippen LogP contribution in [0.4, 0.5) is 5.69 Å². The second-order valence-electron chi connectivity index (χ2n) is 4.15. The van der Waals surface area contributed by atoms with E-state index in [1.165, 1.54) is 6.92 Å². The highest BCUT2D eigenvalue weighted by atomic mass is 79.9. The number of carbonyl (C=O) groups is 2. The van der Waals surface area contributed by atoms with Crippen LogP contribution < -0.4 is 10.6 Å². The Balaban J connectivity index is 2.76. The Morgan fingerprint density at radius 2 is 1.94 bits per heavy atom. The molecular weight excluding hydrogens is 296 g/mol. The topological polar surface area (TPSA) is 58.2 Å². The summed E-state index contributed by atoms with van der Waals surface area (Å²) >= 11 is 3.22. The van der Waals surface area contributed by atoms with Crippen molar-refractivity contribution in [2.75, 3.05) is 5.32 Å². The van der Waals surface area contributed by atoms with Crippen molar-refractivity contribution in [1.82, 2.24) is 5.32 Å². The van der Waals surface area contributed by atoms with E-state index < -0.39 is 0 Å². The van der Waals surface area contributed by atoms with Gasteiger partial charge < -0.3 is 10.6 Å². The second-order valence-corrected chi connectivity index (χ2v) is 5.53. The van der Waals surface area contributed by atoms with Crippen LogP contribution in [0.3, 0.4) is 0 Å². The molecule has 0 aromatic heterocycles. The molecule has 0 saturated carbocycles. The van der Waals surface area contributed by atoms with Crippen molar-refractivity contribution in [3.8, 4) is 0 Å². The number of hydrogen-bond donors (Lipinski definition) is 2. The predicted octanol–water partition coefficient (Wildman–Crippen LogP) is 2.61. The quantitative estimate of drug-likeness (QED) is 0.840. The van der Waals surface area contributed by atoms with Crippen molar-refractivity contribution in [1.29, 1.82) is 0 Å². The lowest BCUT2D eigenvalue weighted by Gasteiger charge is -2.16. The van der Waals surface area contributed by atoms with Crippen LogP contribution in [-0.4, -0.2) is 16.6 Å². The minimum atomic E-state index is -0.224. The average Bonchev–Trinajstić information content (AvgIpc) is 2.28. The Labute approximate surface area is 115 Å². The molecule has 1 rings (SSSR count). The first-order chi connectivity index (χ1) is 8.40. The van der Waals surface area contributed by atoms with Gasteiger partial charge in [-0.1, -0.05) is 28.1 Å². The summed E-state index contributed by atoms with van der Waals surface area (Å²) in [5.74, 6) is -0.176. The van der Waals surface area contributed by atoms with E-state index in [1.807, 2.05) is 31.2 Å². The summed E-state index contributed by atoms with van der Waals surface area (Å²) in [5, 5.41) is 5.59. The van der Waals surface area contributed by atoms with Gasteiger partial charge in [0.15, 0.2) is 0 Å². The molecule has 2 atom stereocenters. The molecule has 4 nitrogen and oxygen atoms in total. The molecule has 0 aliphatic heterocycles. The highest BCUT2D eigenvalue weighted by Crippen LogP contribution is 2.17. The average molecular weight is 313 g/mol. The van der Waals surface area contributed by atoms with Crippen LogP contribution in [0.1, 0.15) is 32.4 Å². The highest BCUT2D eigenvalue weighted by Gasteiger charge is 2.13. The standard InChI is InChI=1S/C13H17BrN2O2/c1-8(14)13(18)15-9(2)11-5-4-6-12(7-11)16-10(3)17/h4-9H,1-3H3,(H,15,18)(H,16,17). The fourth-order valence-electron chi connectivity index (χ4n) is 1.50. The highest BCUT2D eigenvalue weighted by molar-refractivity contribution is 9.10. The molecule has 1 aromatic carbocycles. The van der Waals surface area contributed by atoms with Crippen molar-refractivity contribution in [2.24, 2.45) is 0 Å². The first-order valence-electron chi connectivity index (χ1n) is 5.72. The molecular formula is C13H17BrN2O2. The van der Waals surface area contributed by atoms with Gasteiger partial charge in [-0.05, 0) is 31.5 Å². The SMILES string of the molecule is CC(=O)Nc1cccc(C(C)NC(=O)C(C)Br)c1. The monoisotopic (exact) mass is 312 g/mol. The molecule has 0 bridgehead atoms. The van der Waals surface area contributed by atoms with E-state index in [-0.39, 0.29) is 22.7 Å².